The zero-order chi connectivity index (χ0) is 28.3. The Balaban J connectivity index is 1.68. The molecule has 5 rings (SSSR count). The smallest absolute Gasteiger partial charge is 0.254 e. The van der Waals surface area contributed by atoms with Gasteiger partial charge in [-0.3, -0.25) is 14.4 Å². The van der Waals surface area contributed by atoms with E-state index in [0.717, 1.165) is 6.26 Å². The first-order valence-corrected chi connectivity index (χ1v) is 14.2. The first kappa shape index (κ1) is 27.4. The molecular weight excluding hydrogens is 555 g/mol. The number of pyridine rings is 1. The van der Waals surface area contributed by atoms with Gasteiger partial charge in [0.1, 0.15) is 11.4 Å². The van der Waals surface area contributed by atoms with E-state index in [2.05, 4.69) is 14.8 Å². The molecule has 1 aliphatic carbocycles. The molecule has 0 saturated heterocycles. The molecule has 4 aromatic rings. The highest BCUT2D eigenvalue weighted by Gasteiger charge is 2.57. The highest BCUT2D eigenvalue weighted by molar-refractivity contribution is 7.92. The fraction of sp³-hybridized carbons (Fsp3) is 0.308. The Bertz CT molecular complexity index is 1700. The standard InChI is InChI=1S/C26H25ClF3N5O3S/c1-35-23-17(6-8-18(27)21(23)24(33-35)34-39(2,37)38)16-7-9-20(25(36)12-26(29,30)13-25)32-22(16)19(31)11-14-4-3-5-15(28)10-14/h3-10,19,36H,11-13,31H2,1-2H3,(H,33,34)/t19-/m0/s1. The number of anilines is 1. The van der Waals surface area contributed by atoms with Crippen LogP contribution in [-0.2, 0) is 29.1 Å². The van der Waals surface area contributed by atoms with E-state index in [1.165, 1.54) is 22.9 Å². The van der Waals surface area contributed by atoms with Gasteiger partial charge in [0.05, 0.1) is 39.6 Å². The number of nitrogens with two attached hydrogens (primary N) is 1. The molecule has 1 saturated carbocycles. The lowest BCUT2D eigenvalue weighted by molar-refractivity contribution is -0.212. The summed E-state index contributed by atoms with van der Waals surface area (Å²) in [6.07, 6.45) is -0.373. The van der Waals surface area contributed by atoms with Gasteiger partial charge in [0.25, 0.3) is 5.92 Å². The van der Waals surface area contributed by atoms with E-state index in [4.69, 9.17) is 17.3 Å². The molecule has 0 radical (unpaired) electrons. The number of aliphatic hydroxyl groups is 1. The van der Waals surface area contributed by atoms with E-state index >= 15 is 0 Å². The van der Waals surface area contributed by atoms with Crippen LogP contribution < -0.4 is 10.5 Å². The minimum atomic E-state index is -3.67. The van der Waals surface area contributed by atoms with Crippen molar-refractivity contribution in [3.63, 3.8) is 0 Å². The van der Waals surface area contributed by atoms with Crippen LogP contribution in [0.2, 0.25) is 5.02 Å². The highest BCUT2D eigenvalue weighted by Crippen LogP contribution is 2.51. The molecule has 0 spiro atoms. The van der Waals surface area contributed by atoms with Gasteiger partial charge in [-0.25, -0.2) is 21.6 Å². The number of aromatic nitrogens is 3. The molecule has 2 aromatic carbocycles. The Morgan fingerprint density at radius 2 is 1.87 bits per heavy atom. The second-order valence-electron chi connectivity index (χ2n) is 9.98. The Hall–Kier alpha value is -3.19. The predicted octanol–water partition coefficient (Wildman–Crippen LogP) is 4.66. The second-order valence-corrected chi connectivity index (χ2v) is 12.1. The quantitative estimate of drug-likeness (QED) is 0.293. The molecule has 0 unspecified atom stereocenters. The topological polar surface area (TPSA) is 123 Å². The van der Waals surface area contributed by atoms with Gasteiger partial charge in [0.15, 0.2) is 5.82 Å². The van der Waals surface area contributed by atoms with Crippen molar-refractivity contribution in [1.29, 1.82) is 0 Å². The number of hydrogen-bond acceptors (Lipinski definition) is 6. The molecule has 13 heteroatoms. The third kappa shape index (κ3) is 5.33. The monoisotopic (exact) mass is 579 g/mol. The summed E-state index contributed by atoms with van der Waals surface area (Å²) in [5.41, 5.74) is 7.20. The number of alkyl halides is 2. The molecule has 4 N–H and O–H groups in total. The molecule has 206 valence electrons. The number of nitrogens with one attached hydrogen (secondary N) is 1. The summed E-state index contributed by atoms with van der Waals surface area (Å²) >= 11 is 6.46. The zero-order valence-corrected chi connectivity index (χ0v) is 22.5. The third-order valence-corrected chi connectivity index (χ3v) is 7.59. The summed E-state index contributed by atoms with van der Waals surface area (Å²) in [7, 11) is -2.06. The van der Waals surface area contributed by atoms with Crippen LogP contribution >= 0.6 is 11.6 Å². The minimum Gasteiger partial charge on any atom is -0.383 e. The van der Waals surface area contributed by atoms with Crippen LogP contribution in [0.15, 0.2) is 48.5 Å². The van der Waals surface area contributed by atoms with Crippen molar-refractivity contribution in [3.8, 4) is 11.1 Å². The maximum Gasteiger partial charge on any atom is 0.254 e. The van der Waals surface area contributed by atoms with E-state index in [1.54, 1.807) is 37.4 Å². The van der Waals surface area contributed by atoms with E-state index < -0.39 is 46.2 Å². The number of aryl methyl sites for hydroxylation is 1. The number of halogens is 4. The molecule has 39 heavy (non-hydrogen) atoms. The molecule has 0 bridgehead atoms. The number of nitrogens with zero attached hydrogens (tertiary/aromatic N) is 3. The fourth-order valence-electron chi connectivity index (χ4n) is 5.09. The molecule has 0 amide bonds. The lowest BCUT2D eigenvalue weighted by Gasteiger charge is -2.42. The van der Waals surface area contributed by atoms with Gasteiger partial charge in [0.2, 0.25) is 10.0 Å². The van der Waals surface area contributed by atoms with Gasteiger partial charge in [-0.05, 0) is 36.2 Å². The van der Waals surface area contributed by atoms with Crippen molar-refractivity contribution in [1.82, 2.24) is 14.8 Å². The van der Waals surface area contributed by atoms with Crippen molar-refractivity contribution in [2.24, 2.45) is 12.8 Å². The minimum absolute atomic E-state index is 0.0306. The van der Waals surface area contributed by atoms with E-state index in [9.17, 15) is 26.7 Å². The fourth-order valence-corrected chi connectivity index (χ4v) is 5.82. The van der Waals surface area contributed by atoms with Gasteiger partial charge >= 0.3 is 0 Å². The Morgan fingerprint density at radius 1 is 1.18 bits per heavy atom. The number of rotatable bonds is 7. The molecule has 1 aliphatic rings. The van der Waals surface area contributed by atoms with Crippen molar-refractivity contribution < 1.29 is 26.7 Å². The number of fused-ring (bicyclic) bond motifs is 1. The Kier molecular flexibility index (Phi) is 6.65. The van der Waals surface area contributed by atoms with Gasteiger partial charge in [-0.1, -0.05) is 35.9 Å². The molecule has 2 heterocycles. The molecule has 0 aliphatic heterocycles. The van der Waals surface area contributed by atoms with Crippen LogP contribution in [0.25, 0.3) is 22.0 Å². The van der Waals surface area contributed by atoms with Crippen LogP contribution in [0, 0.1) is 5.82 Å². The van der Waals surface area contributed by atoms with Crippen LogP contribution in [-0.4, -0.2) is 40.5 Å². The average Bonchev–Trinajstić information content (AvgIpc) is 3.12. The average molecular weight is 580 g/mol. The molecule has 1 atom stereocenters. The van der Waals surface area contributed by atoms with Crippen molar-refractivity contribution in [2.45, 2.75) is 36.8 Å². The number of hydrogen-bond donors (Lipinski definition) is 3. The van der Waals surface area contributed by atoms with E-state index in [-0.39, 0.29) is 28.6 Å². The zero-order valence-electron chi connectivity index (χ0n) is 20.9. The first-order chi connectivity index (χ1) is 18.2. The summed E-state index contributed by atoms with van der Waals surface area (Å²) in [6, 6.07) is 11.4. The van der Waals surface area contributed by atoms with Gasteiger partial charge < -0.3 is 10.8 Å². The Labute approximate surface area is 227 Å². The van der Waals surface area contributed by atoms with Crippen molar-refractivity contribution in [2.75, 3.05) is 11.0 Å². The maximum absolute atomic E-state index is 13.9. The molecule has 8 nitrogen and oxygen atoms in total. The van der Waals surface area contributed by atoms with E-state index in [0.29, 0.717) is 27.6 Å². The highest BCUT2D eigenvalue weighted by atomic mass is 35.5. The largest absolute Gasteiger partial charge is 0.383 e. The van der Waals surface area contributed by atoms with Gasteiger partial charge in [-0.2, -0.15) is 5.10 Å². The van der Waals surface area contributed by atoms with E-state index in [1.807, 2.05) is 0 Å². The molecular formula is C26H25ClF3N5O3S. The number of sulfonamides is 1. The normalized spacial score (nSPS) is 17.1. The summed E-state index contributed by atoms with van der Waals surface area (Å²) in [5.74, 6) is -3.41. The number of benzene rings is 2. The van der Waals surface area contributed by atoms with Crippen LogP contribution in [0.1, 0.15) is 35.8 Å². The van der Waals surface area contributed by atoms with Crippen LogP contribution in [0.4, 0.5) is 19.0 Å². The van der Waals surface area contributed by atoms with Crippen LogP contribution in [0.5, 0.6) is 0 Å². The lowest BCUT2D eigenvalue weighted by Crippen LogP contribution is -2.49. The van der Waals surface area contributed by atoms with Crippen molar-refractivity contribution >= 4 is 38.3 Å². The van der Waals surface area contributed by atoms with Crippen molar-refractivity contribution in [3.05, 3.63) is 76.3 Å². The summed E-state index contributed by atoms with van der Waals surface area (Å²) < 4.78 is 69.0. The summed E-state index contributed by atoms with van der Waals surface area (Å²) in [4.78, 5) is 4.58. The summed E-state index contributed by atoms with van der Waals surface area (Å²) in [5, 5.41) is 15.7. The first-order valence-electron chi connectivity index (χ1n) is 11.9. The second kappa shape index (κ2) is 9.47. The summed E-state index contributed by atoms with van der Waals surface area (Å²) in [6.45, 7) is 0. The van der Waals surface area contributed by atoms with Gasteiger partial charge in [-0.15, -0.1) is 0 Å². The molecule has 1 fully saturated rings. The SMILES string of the molecule is Cn1nc(NS(C)(=O)=O)c2c(Cl)ccc(-c3ccc(C4(O)CC(F)(F)C4)nc3[C@@H](N)Cc3cccc(F)c3)c21. The molecule has 2 aromatic heterocycles. The third-order valence-electron chi connectivity index (χ3n) is 6.71. The van der Waals surface area contributed by atoms with Crippen LogP contribution in [0.3, 0.4) is 0 Å². The maximum atomic E-state index is 13.9. The van der Waals surface area contributed by atoms with Gasteiger partial charge in [0, 0.05) is 31.0 Å². The lowest BCUT2D eigenvalue weighted by atomic mass is 9.74. The Morgan fingerprint density at radius 3 is 2.51 bits per heavy atom. The predicted molar refractivity (Wildman–Crippen MR) is 143 cm³/mol.